The highest BCUT2D eigenvalue weighted by Gasteiger charge is 2.27. The zero-order valence-electron chi connectivity index (χ0n) is 13.1. The summed E-state index contributed by atoms with van der Waals surface area (Å²) in [5, 5.41) is 9.83. The third-order valence-corrected chi connectivity index (χ3v) is 6.45. The highest BCUT2D eigenvalue weighted by Crippen LogP contribution is 2.13. The van der Waals surface area contributed by atoms with Crippen LogP contribution in [-0.2, 0) is 13.6 Å². The summed E-state index contributed by atoms with van der Waals surface area (Å²) in [6, 6.07) is 0.909. The third kappa shape index (κ3) is 8.72. The largest absolute Gasteiger partial charge is 0.398 e. The summed E-state index contributed by atoms with van der Waals surface area (Å²) >= 11 is 0. The van der Waals surface area contributed by atoms with Gasteiger partial charge in [0.05, 0.1) is 12.7 Å². The first-order valence-electron chi connectivity index (χ1n) is 7.09. The molecular formula is C13H31NO4Si. The predicted molar refractivity (Wildman–Crippen MR) is 79.7 cm³/mol. The van der Waals surface area contributed by atoms with Crippen LogP contribution in [0.5, 0.6) is 0 Å². The summed E-state index contributed by atoms with van der Waals surface area (Å²) < 4.78 is 16.3. The van der Waals surface area contributed by atoms with Crippen LogP contribution in [0.4, 0.5) is 0 Å². The molecule has 0 spiro atoms. The van der Waals surface area contributed by atoms with Gasteiger partial charge in [0.15, 0.2) is 0 Å². The fraction of sp³-hybridized carbons (Fsp3) is 1.00. The Morgan fingerprint density at radius 3 is 2.21 bits per heavy atom. The Kier molecular flexibility index (Phi) is 10.8. The normalized spacial score (nSPS) is 14.1. The minimum absolute atomic E-state index is 0.398. The summed E-state index contributed by atoms with van der Waals surface area (Å²) in [7, 11) is 1.43. The second-order valence-corrected chi connectivity index (χ2v) is 8.44. The van der Waals surface area contributed by atoms with Crippen molar-refractivity contribution < 1.29 is 18.7 Å². The standard InChI is InChI=1S/C13H31NO4Si/c1-6-14(7-2)11-13(15)12-18-9-8-10-19(5,16-3)17-4/h13,15H,6-12H2,1-5H3. The van der Waals surface area contributed by atoms with Crippen molar-refractivity contribution in [3.8, 4) is 0 Å². The van der Waals surface area contributed by atoms with Gasteiger partial charge in [-0.05, 0) is 32.1 Å². The molecule has 0 saturated heterocycles. The number of likely N-dealkylation sites (N-methyl/N-ethyl adjacent to an activating group) is 1. The number of nitrogens with zero attached hydrogens (tertiary/aromatic N) is 1. The fourth-order valence-corrected chi connectivity index (χ4v) is 3.20. The molecule has 116 valence electrons. The molecule has 0 rings (SSSR count). The van der Waals surface area contributed by atoms with Crippen LogP contribution in [-0.4, -0.2) is 71.7 Å². The first kappa shape index (κ1) is 19.0. The second kappa shape index (κ2) is 10.8. The maximum absolute atomic E-state index is 9.83. The highest BCUT2D eigenvalue weighted by atomic mass is 28.4. The molecule has 0 aromatic heterocycles. The van der Waals surface area contributed by atoms with E-state index in [9.17, 15) is 5.11 Å². The molecule has 0 heterocycles. The number of hydrogen-bond acceptors (Lipinski definition) is 5. The summed E-state index contributed by atoms with van der Waals surface area (Å²) in [6.07, 6.45) is 0.496. The van der Waals surface area contributed by atoms with Gasteiger partial charge in [0.1, 0.15) is 0 Å². The van der Waals surface area contributed by atoms with Crippen LogP contribution in [0.2, 0.25) is 12.6 Å². The van der Waals surface area contributed by atoms with E-state index in [1.165, 1.54) is 0 Å². The van der Waals surface area contributed by atoms with Crippen LogP contribution in [0.15, 0.2) is 0 Å². The van der Waals surface area contributed by atoms with Crippen LogP contribution in [0, 0.1) is 0 Å². The van der Waals surface area contributed by atoms with Crippen molar-refractivity contribution in [2.24, 2.45) is 0 Å². The van der Waals surface area contributed by atoms with Gasteiger partial charge in [0.2, 0.25) is 0 Å². The van der Waals surface area contributed by atoms with Crippen LogP contribution >= 0.6 is 0 Å². The minimum atomic E-state index is -1.96. The molecule has 1 N–H and O–H groups in total. The van der Waals surface area contributed by atoms with Gasteiger partial charge >= 0.3 is 8.56 Å². The number of aliphatic hydroxyl groups is 1. The molecule has 0 saturated carbocycles. The molecule has 19 heavy (non-hydrogen) atoms. The first-order valence-corrected chi connectivity index (χ1v) is 9.62. The molecule has 1 atom stereocenters. The Morgan fingerprint density at radius 1 is 1.16 bits per heavy atom. The van der Waals surface area contributed by atoms with Crippen molar-refractivity contribution in [3.63, 3.8) is 0 Å². The molecule has 0 amide bonds. The van der Waals surface area contributed by atoms with Gasteiger partial charge in [0.25, 0.3) is 0 Å². The number of aliphatic hydroxyl groups excluding tert-OH is 1. The van der Waals surface area contributed by atoms with Crippen molar-refractivity contribution in [1.82, 2.24) is 4.90 Å². The average Bonchev–Trinajstić information content (AvgIpc) is 2.44. The van der Waals surface area contributed by atoms with E-state index in [1.54, 1.807) is 14.2 Å². The molecule has 0 aromatic carbocycles. The molecule has 0 bridgehead atoms. The minimum Gasteiger partial charge on any atom is -0.398 e. The molecule has 0 aromatic rings. The van der Waals surface area contributed by atoms with Crippen LogP contribution in [0.1, 0.15) is 20.3 Å². The lowest BCUT2D eigenvalue weighted by molar-refractivity contribution is 0.0181. The van der Waals surface area contributed by atoms with Gasteiger partial charge in [-0.15, -0.1) is 0 Å². The monoisotopic (exact) mass is 293 g/mol. The third-order valence-electron chi connectivity index (χ3n) is 3.46. The van der Waals surface area contributed by atoms with Gasteiger partial charge in [-0.25, -0.2) is 0 Å². The lowest BCUT2D eigenvalue weighted by Gasteiger charge is -2.23. The maximum Gasteiger partial charge on any atom is 0.334 e. The smallest absolute Gasteiger partial charge is 0.334 e. The van der Waals surface area contributed by atoms with E-state index in [0.29, 0.717) is 19.8 Å². The molecule has 5 nitrogen and oxygen atoms in total. The summed E-state index contributed by atoms with van der Waals surface area (Å²) in [6.45, 7) is 9.87. The van der Waals surface area contributed by atoms with Gasteiger partial charge < -0.3 is 23.6 Å². The molecule has 0 aliphatic carbocycles. The van der Waals surface area contributed by atoms with Gasteiger partial charge in [-0.3, -0.25) is 0 Å². The van der Waals surface area contributed by atoms with Crippen LogP contribution < -0.4 is 0 Å². The summed E-state index contributed by atoms with van der Waals surface area (Å²) in [5.41, 5.74) is 0. The molecule has 1 unspecified atom stereocenters. The second-order valence-electron chi connectivity index (χ2n) is 4.86. The Labute approximate surface area is 119 Å². The summed E-state index contributed by atoms with van der Waals surface area (Å²) in [4.78, 5) is 2.19. The Hall–Kier alpha value is 0.0169. The molecule has 0 radical (unpaired) electrons. The quantitative estimate of drug-likeness (QED) is 0.436. The lowest BCUT2D eigenvalue weighted by atomic mass is 10.3. The van der Waals surface area contributed by atoms with E-state index in [1.807, 2.05) is 6.55 Å². The van der Waals surface area contributed by atoms with Gasteiger partial charge in [0, 0.05) is 27.4 Å². The summed E-state index contributed by atoms with van der Waals surface area (Å²) in [5.74, 6) is 0. The van der Waals surface area contributed by atoms with E-state index in [4.69, 9.17) is 13.6 Å². The van der Waals surface area contributed by atoms with Crippen molar-refractivity contribution in [1.29, 1.82) is 0 Å². The van der Waals surface area contributed by atoms with E-state index < -0.39 is 14.7 Å². The fourth-order valence-electron chi connectivity index (χ4n) is 1.83. The number of ether oxygens (including phenoxy) is 1. The van der Waals surface area contributed by atoms with E-state index in [-0.39, 0.29) is 0 Å². The topological polar surface area (TPSA) is 51.2 Å². The van der Waals surface area contributed by atoms with E-state index in [2.05, 4.69) is 18.7 Å². The van der Waals surface area contributed by atoms with Gasteiger partial charge in [-0.2, -0.15) is 0 Å². The van der Waals surface area contributed by atoms with Gasteiger partial charge in [-0.1, -0.05) is 13.8 Å². The molecule has 6 heteroatoms. The molecule has 0 aliphatic rings. The average molecular weight is 293 g/mol. The maximum atomic E-state index is 9.83. The van der Waals surface area contributed by atoms with Crippen molar-refractivity contribution in [3.05, 3.63) is 0 Å². The van der Waals surface area contributed by atoms with Crippen molar-refractivity contribution >= 4 is 8.56 Å². The van der Waals surface area contributed by atoms with Crippen molar-refractivity contribution in [2.75, 3.05) is 47.1 Å². The predicted octanol–water partition coefficient (Wildman–Crippen LogP) is 1.46. The highest BCUT2D eigenvalue weighted by molar-refractivity contribution is 6.65. The Balaban J connectivity index is 3.63. The first-order chi connectivity index (χ1) is 9.01. The zero-order valence-corrected chi connectivity index (χ0v) is 14.1. The molecule has 0 aliphatic heterocycles. The van der Waals surface area contributed by atoms with Crippen molar-refractivity contribution in [2.45, 2.75) is 39.0 Å². The lowest BCUT2D eigenvalue weighted by Crippen LogP contribution is -2.36. The van der Waals surface area contributed by atoms with E-state index in [0.717, 1.165) is 25.6 Å². The van der Waals surface area contributed by atoms with E-state index >= 15 is 0 Å². The molecule has 0 fully saturated rings. The molecular weight excluding hydrogens is 262 g/mol. The Morgan fingerprint density at radius 2 is 1.74 bits per heavy atom. The Bertz CT molecular complexity index is 211. The SMILES string of the molecule is CCN(CC)CC(O)COCCC[Si](C)(OC)OC. The number of hydrogen-bond donors (Lipinski definition) is 1. The van der Waals surface area contributed by atoms with Crippen LogP contribution in [0.25, 0.3) is 0 Å². The zero-order chi connectivity index (χ0) is 14.7. The van der Waals surface area contributed by atoms with Crippen LogP contribution in [0.3, 0.4) is 0 Å². The number of rotatable bonds is 12.